The largest absolute Gasteiger partial charge is 0.497 e. The van der Waals surface area contributed by atoms with Crippen LogP contribution in [0.15, 0.2) is 18.2 Å². The number of hydrogen-bond acceptors (Lipinski definition) is 2. The fraction of sp³-hybridized carbons (Fsp3) is 0.625. The monoisotopic (exact) mass is 250 g/mol. The van der Waals surface area contributed by atoms with Crippen LogP contribution in [0.4, 0.5) is 0 Å². The van der Waals surface area contributed by atoms with Crippen molar-refractivity contribution in [3.63, 3.8) is 0 Å². The van der Waals surface area contributed by atoms with E-state index < -0.39 is 0 Å². The first-order valence-electron chi connectivity index (χ1n) is 6.98. The molecule has 1 atom stereocenters. The second kappa shape index (κ2) is 8.02. The molecule has 2 heteroatoms. The van der Waals surface area contributed by atoms with Crippen LogP contribution in [0.2, 0.25) is 0 Å². The van der Waals surface area contributed by atoms with Gasteiger partial charge >= 0.3 is 0 Å². The first-order valence-corrected chi connectivity index (χ1v) is 6.98. The Kier molecular flexibility index (Phi) is 6.63. The van der Waals surface area contributed by atoms with E-state index in [9.17, 15) is 0 Å². The number of unbranched alkanes of at least 4 members (excludes halogenated alkanes) is 1. The van der Waals surface area contributed by atoms with Gasteiger partial charge in [0.15, 0.2) is 0 Å². The van der Waals surface area contributed by atoms with Gasteiger partial charge in [0.1, 0.15) is 11.5 Å². The third kappa shape index (κ3) is 4.25. The first kappa shape index (κ1) is 14.9. The van der Waals surface area contributed by atoms with Gasteiger partial charge in [0, 0.05) is 6.07 Å². The zero-order valence-electron chi connectivity index (χ0n) is 12.2. The number of ether oxygens (including phenoxy) is 2. The van der Waals surface area contributed by atoms with Gasteiger partial charge in [0.25, 0.3) is 0 Å². The Morgan fingerprint density at radius 1 is 0.889 bits per heavy atom. The number of hydrogen-bond donors (Lipinski definition) is 0. The highest BCUT2D eigenvalue weighted by atomic mass is 16.5. The van der Waals surface area contributed by atoms with Gasteiger partial charge in [-0.05, 0) is 36.5 Å². The van der Waals surface area contributed by atoms with E-state index in [1.54, 1.807) is 14.2 Å². The van der Waals surface area contributed by atoms with Crippen molar-refractivity contribution in [2.45, 2.75) is 51.9 Å². The van der Waals surface area contributed by atoms with Gasteiger partial charge in [0.2, 0.25) is 0 Å². The maximum Gasteiger partial charge on any atom is 0.122 e. The Bertz CT molecular complexity index is 325. The molecule has 1 aromatic carbocycles. The molecule has 102 valence electrons. The van der Waals surface area contributed by atoms with E-state index in [2.05, 4.69) is 26.0 Å². The standard InChI is InChI=1S/C16H26O2/c1-5-7-9-13(8-6-2)14-10-15(17-3)12-16(11-14)18-4/h10-13H,5-9H2,1-4H3. The summed E-state index contributed by atoms with van der Waals surface area (Å²) in [5.74, 6) is 2.41. The van der Waals surface area contributed by atoms with E-state index in [4.69, 9.17) is 9.47 Å². The van der Waals surface area contributed by atoms with Crippen molar-refractivity contribution in [3.8, 4) is 11.5 Å². The lowest BCUT2D eigenvalue weighted by molar-refractivity contribution is 0.391. The maximum absolute atomic E-state index is 5.35. The smallest absolute Gasteiger partial charge is 0.122 e. The molecule has 18 heavy (non-hydrogen) atoms. The Balaban J connectivity index is 2.93. The molecule has 0 radical (unpaired) electrons. The van der Waals surface area contributed by atoms with Gasteiger partial charge in [-0.2, -0.15) is 0 Å². The van der Waals surface area contributed by atoms with Crippen molar-refractivity contribution in [3.05, 3.63) is 23.8 Å². The van der Waals surface area contributed by atoms with Crippen LogP contribution in [-0.4, -0.2) is 14.2 Å². The van der Waals surface area contributed by atoms with Crippen molar-refractivity contribution in [2.75, 3.05) is 14.2 Å². The molecule has 0 N–H and O–H groups in total. The summed E-state index contributed by atoms with van der Waals surface area (Å²) in [6.45, 7) is 4.49. The Morgan fingerprint density at radius 3 is 1.94 bits per heavy atom. The molecule has 0 aromatic heterocycles. The summed E-state index contributed by atoms with van der Waals surface area (Å²) >= 11 is 0. The maximum atomic E-state index is 5.35. The lowest BCUT2D eigenvalue weighted by Crippen LogP contribution is -2.00. The normalized spacial score (nSPS) is 12.2. The number of benzene rings is 1. The number of rotatable bonds is 8. The third-order valence-corrected chi connectivity index (χ3v) is 3.39. The molecule has 2 nitrogen and oxygen atoms in total. The lowest BCUT2D eigenvalue weighted by atomic mass is 9.89. The van der Waals surface area contributed by atoms with Crippen LogP contribution in [0, 0.1) is 0 Å². The average molecular weight is 250 g/mol. The second-order valence-corrected chi connectivity index (χ2v) is 4.77. The molecule has 0 aliphatic carbocycles. The molecular weight excluding hydrogens is 224 g/mol. The molecule has 0 saturated heterocycles. The molecule has 0 bridgehead atoms. The van der Waals surface area contributed by atoms with Gasteiger partial charge < -0.3 is 9.47 Å². The SMILES string of the molecule is CCCCC(CCC)c1cc(OC)cc(OC)c1. The van der Waals surface area contributed by atoms with Crippen molar-refractivity contribution in [1.29, 1.82) is 0 Å². The highest BCUT2D eigenvalue weighted by Gasteiger charge is 2.13. The van der Waals surface area contributed by atoms with E-state index in [1.807, 2.05) is 6.07 Å². The van der Waals surface area contributed by atoms with Gasteiger partial charge in [-0.1, -0.05) is 33.1 Å². The fourth-order valence-corrected chi connectivity index (χ4v) is 2.34. The molecule has 0 aliphatic heterocycles. The summed E-state index contributed by atoms with van der Waals surface area (Å²) < 4.78 is 10.7. The zero-order chi connectivity index (χ0) is 13.4. The molecular formula is C16H26O2. The summed E-state index contributed by atoms with van der Waals surface area (Å²) in [6, 6.07) is 6.24. The Hall–Kier alpha value is -1.18. The van der Waals surface area contributed by atoms with Crippen molar-refractivity contribution >= 4 is 0 Å². The van der Waals surface area contributed by atoms with E-state index in [0.29, 0.717) is 5.92 Å². The average Bonchev–Trinajstić information content (AvgIpc) is 2.42. The first-order chi connectivity index (χ1) is 8.74. The molecule has 0 saturated carbocycles. The zero-order valence-corrected chi connectivity index (χ0v) is 12.2. The molecule has 0 spiro atoms. The minimum Gasteiger partial charge on any atom is -0.497 e. The molecule has 0 amide bonds. The Labute approximate surface area is 111 Å². The summed E-state index contributed by atoms with van der Waals surface area (Å²) in [6.07, 6.45) is 6.23. The molecule has 1 aromatic rings. The topological polar surface area (TPSA) is 18.5 Å². The van der Waals surface area contributed by atoms with Crippen LogP contribution in [0.3, 0.4) is 0 Å². The van der Waals surface area contributed by atoms with Crippen molar-refractivity contribution in [2.24, 2.45) is 0 Å². The summed E-state index contributed by atoms with van der Waals surface area (Å²) in [7, 11) is 3.42. The molecule has 0 aliphatic rings. The van der Waals surface area contributed by atoms with Crippen LogP contribution in [-0.2, 0) is 0 Å². The van der Waals surface area contributed by atoms with Crippen LogP contribution >= 0.6 is 0 Å². The van der Waals surface area contributed by atoms with Gasteiger partial charge in [-0.25, -0.2) is 0 Å². The van der Waals surface area contributed by atoms with Gasteiger partial charge in [0.05, 0.1) is 14.2 Å². The van der Waals surface area contributed by atoms with E-state index in [-0.39, 0.29) is 0 Å². The van der Waals surface area contributed by atoms with Gasteiger partial charge in [-0.15, -0.1) is 0 Å². The predicted octanol–water partition coefficient (Wildman–Crippen LogP) is 4.78. The van der Waals surface area contributed by atoms with Gasteiger partial charge in [-0.3, -0.25) is 0 Å². The van der Waals surface area contributed by atoms with Crippen molar-refractivity contribution in [1.82, 2.24) is 0 Å². The van der Waals surface area contributed by atoms with E-state index >= 15 is 0 Å². The Morgan fingerprint density at radius 2 is 1.50 bits per heavy atom. The molecule has 1 rings (SSSR count). The fourth-order valence-electron chi connectivity index (χ4n) is 2.34. The van der Waals surface area contributed by atoms with Crippen LogP contribution < -0.4 is 9.47 Å². The minimum atomic E-state index is 0.624. The summed E-state index contributed by atoms with van der Waals surface area (Å²) in [5, 5.41) is 0. The van der Waals surface area contributed by atoms with E-state index in [1.165, 1.54) is 37.7 Å². The van der Waals surface area contributed by atoms with Crippen LogP contribution in [0.25, 0.3) is 0 Å². The van der Waals surface area contributed by atoms with E-state index in [0.717, 1.165) is 11.5 Å². The highest BCUT2D eigenvalue weighted by Crippen LogP contribution is 2.32. The highest BCUT2D eigenvalue weighted by molar-refractivity contribution is 5.40. The lowest BCUT2D eigenvalue weighted by Gasteiger charge is -2.18. The summed E-state index contributed by atoms with van der Waals surface area (Å²) in [5.41, 5.74) is 1.35. The molecule has 0 fully saturated rings. The van der Waals surface area contributed by atoms with Crippen LogP contribution in [0.1, 0.15) is 57.4 Å². The number of methoxy groups -OCH3 is 2. The van der Waals surface area contributed by atoms with Crippen LogP contribution in [0.5, 0.6) is 11.5 Å². The second-order valence-electron chi connectivity index (χ2n) is 4.77. The molecule has 1 unspecified atom stereocenters. The minimum absolute atomic E-state index is 0.624. The predicted molar refractivity (Wildman–Crippen MR) is 76.7 cm³/mol. The third-order valence-electron chi connectivity index (χ3n) is 3.39. The van der Waals surface area contributed by atoms with Crippen molar-refractivity contribution < 1.29 is 9.47 Å². The summed E-state index contributed by atoms with van der Waals surface area (Å²) in [4.78, 5) is 0. The quantitative estimate of drug-likeness (QED) is 0.661. The molecule has 0 heterocycles.